The molecule has 1 heterocycles. The third kappa shape index (κ3) is 3.04. The minimum atomic E-state index is -0.227. The molecule has 0 saturated heterocycles. The van der Waals surface area contributed by atoms with E-state index in [-0.39, 0.29) is 5.82 Å². The standard InChI is InChI=1S/C14H18FN3S/c1-2-18(11-4-5-11)8-7-16-14-17-12-9-10(15)3-6-13(12)19-14/h3,6,9,11H,2,4-5,7-8H2,1H3,(H,16,17). The van der Waals surface area contributed by atoms with E-state index >= 15 is 0 Å². The Hall–Kier alpha value is -1.20. The maximum absolute atomic E-state index is 13.1. The summed E-state index contributed by atoms with van der Waals surface area (Å²) in [7, 11) is 0. The van der Waals surface area contributed by atoms with Gasteiger partial charge in [0.05, 0.1) is 10.2 Å². The maximum atomic E-state index is 13.1. The van der Waals surface area contributed by atoms with Crippen LogP contribution in [0.3, 0.4) is 0 Å². The van der Waals surface area contributed by atoms with Gasteiger partial charge in [-0.2, -0.15) is 0 Å². The highest BCUT2D eigenvalue weighted by Crippen LogP contribution is 2.27. The Bertz CT molecular complexity index is 565. The summed E-state index contributed by atoms with van der Waals surface area (Å²) >= 11 is 1.58. The van der Waals surface area contributed by atoms with Crippen LogP contribution in [0.2, 0.25) is 0 Å². The normalized spacial score (nSPS) is 15.3. The average Bonchev–Trinajstić information content (AvgIpc) is 3.15. The number of hydrogen-bond donors (Lipinski definition) is 1. The van der Waals surface area contributed by atoms with Crippen LogP contribution >= 0.6 is 11.3 Å². The monoisotopic (exact) mass is 279 g/mol. The smallest absolute Gasteiger partial charge is 0.183 e. The molecule has 1 fully saturated rings. The Kier molecular flexibility index (Phi) is 3.66. The number of halogens is 1. The molecule has 1 aromatic carbocycles. The van der Waals surface area contributed by atoms with Gasteiger partial charge in [-0.3, -0.25) is 4.90 Å². The van der Waals surface area contributed by atoms with E-state index in [0.717, 1.165) is 41.0 Å². The summed E-state index contributed by atoms with van der Waals surface area (Å²) < 4.78 is 14.1. The van der Waals surface area contributed by atoms with Crippen LogP contribution in [0.25, 0.3) is 10.2 Å². The van der Waals surface area contributed by atoms with Crippen LogP contribution in [0.1, 0.15) is 19.8 Å². The number of rotatable bonds is 6. The molecule has 1 aliphatic rings. The number of likely N-dealkylation sites (N-methyl/N-ethyl adjacent to an activating group) is 1. The van der Waals surface area contributed by atoms with E-state index in [2.05, 4.69) is 22.1 Å². The first kappa shape index (κ1) is 12.8. The van der Waals surface area contributed by atoms with Crippen LogP contribution in [0.5, 0.6) is 0 Å². The van der Waals surface area contributed by atoms with Crippen LogP contribution in [-0.4, -0.2) is 35.6 Å². The first-order valence-electron chi connectivity index (χ1n) is 6.80. The van der Waals surface area contributed by atoms with Gasteiger partial charge >= 0.3 is 0 Å². The van der Waals surface area contributed by atoms with Crippen molar-refractivity contribution in [1.82, 2.24) is 9.88 Å². The Morgan fingerprint density at radius 2 is 2.32 bits per heavy atom. The number of nitrogens with zero attached hydrogens (tertiary/aromatic N) is 2. The predicted molar refractivity (Wildman–Crippen MR) is 78.3 cm³/mol. The molecule has 0 atom stereocenters. The van der Waals surface area contributed by atoms with E-state index in [9.17, 15) is 4.39 Å². The summed E-state index contributed by atoms with van der Waals surface area (Å²) in [4.78, 5) is 6.91. The molecule has 19 heavy (non-hydrogen) atoms. The van der Waals surface area contributed by atoms with Gasteiger partial charge in [-0.05, 0) is 31.5 Å². The highest BCUT2D eigenvalue weighted by molar-refractivity contribution is 7.22. The first-order chi connectivity index (χ1) is 9.26. The van der Waals surface area contributed by atoms with Crippen molar-refractivity contribution >= 4 is 26.7 Å². The summed E-state index contributed by atoms with van der Waals surface area (Å²) in [6, 6.07) is 5.56. The maximum Gasteiger partial charge on any atom is 0.183 e. The predicted octanol–water partition coefficient (Wildman–Crippen LogP) is 3.33. The van der Waals surface area contributed by atoms with Gasteiger partial charge in [0.25, 0.3) is 0 Å². The zero-order chi connectivity index (χ0) is 13.2. The Balaban J connectivity index is 1.58. The summed E-state index contributed by atoms with van der Waals surface area (Å²) in [6.07, 6.45) is 2.68. The summed E-state index contributed by atoms with van der Waals surface area (Å²) in [5.74, 6) is -0.227. The van der Waals surface area contributed by atoms with E-state index in [1.165, 1.54) is 25.0 Å². The van der Waals surface area contributed by atoms with Gasteiger partial charge in [0.2, 0.25) is 0 Å². The molecule has 2 aromatic rings. The van der Waals surface area contributed by atoms with Gasteiger partial charge in [0, 0.05) is 25.2 Å². The van der Waals surface area contributed by atoms with Gasteiger partial charge in [-0.15, -0.1) is 0 Å². The Morgan fingerprint density at radius 3 is 3.05 bits per heavy atom. The van der Waals surface area contributed by atoms with E-state index in [1.807, 2.05) is 0 Å². The topological polar surface area (TPSA) is 28.2 Å². The molecule has 5 heteroatoms. The number of aromatic nitrogens is 1. The molecule has 3 nitrogen and oxygen atoms in total. The van der Waals surface area contributed by atoms with Crippen molar-refractivity contribution in [3.8, 4) is 0 Å². The summed E-state index contributed by atoms with van der Waals surface area (Å²) in [5.41, 5.74) is 0.738. The van der Waals surface area contributed by atoms with E-state index in [1.54, 1.807) is 17.4 Å². The molecule has 0 amide bonds. The summed E-state index contributed by atoms with van der Waals surface area (Å²) in [5, 5.41) is 4.23. The number of benzene rings is 1. The van der Waals surface area contributed by atoms with Crippen LogP contribution in [0.4, 0.5) is 9.52 Å². The first-order valence-corrected chi connectivity index (χ1v) is 7.62. The number of fused-ring (bicyclic) bond motifs is 1. The van der Waals surface area contributed by atoms with Crippen molar-refractivity contribution in [2.75, 3.05) is 25.0 Å². The second-order valence-electron chi connectivity index (χ2n) is 4.92. The second kappa shape index (κ2) is 5.43. The van der Waals surface area contributed by atoms with Crippen molar-refractivity contribution < 1.29 is 4.39 Å². The van der Waals surface area contributed by atoms with Crippen LogP contribution in [-0.2, 0) is 0 Å². The van der Waals surface area contributed by atoms with Crippen LogP contribution < -0.4 is 5.32 Å². The molecule has 102 valence electrons. The van der Waals surface area contributed by atoms with Crippen molar-refractivity contribution in [2.45, 2.75) is 25.8 Å². The minimum Gasteiger partial charge on any atom is -0.360 e. The minimum absolute atomic E-state index is 0.227. The molecular formula is C14H18FN3S. The van der Waals surface area contributed by atoms with Crippen molar-refractivity contribution in [3.05, 3.63) is 24.0 Å². The number of anilines is 1. The Labute approximate surface area is 116 Å². The zero-order valence-electron chi connectivity index (χ0n) is 11.0. The molecule has 0 radical (unpaired) electrons. The van der Waals surface area contributed by atoms with Gasteiger partial charge < -0.3 is 5.32 Å². The largest absolute Gasteiger partial charge is 0.360 e. The fraction of sp³-hybridized carbons (Fsp3) is 0.500. The zero-order valence-corrected chi connectivity index (χ0v) is 11.8. The number of hydrogen-bond acceptors (Lipinski definition) is 4. The lowest BCUT2D eigenvalue weighted by atomic mass is 10.3. The van der Waals surface area contributed by atoms with Gasteiger partial charge in [0.1, 0.15) is 5.82 Å². The third-order valence-electron chi connectivity index (χ3n) is 3.49. The molecule has 3 rings (SSSR count). The third-order valence-corrected chi connectivity index (χ3v) is 4.49. The van der Waals surface area contributed by atoms with Crippen LogP contribution in [0, 0.1) is 5.82 Å². The fourth-order valence-corrected chi connectivity index (χ4v) is 3.19. The van der Waals surface area contributed by atoms with Crippen molar-refractivity contribution in [3.63, 3.8) is 0 Å². The molecule has 1 aliphatic carbocycles. The molecular weight excluding hydrogens is 261 g/mol. The summed E-state index contributed by atoms with van der Waals surface area (Å²) in [6.45, 7) is 5.26. The molecule has 1 N–H and O–H groups in total. The average molecular weight is 279 g/mol. The lowest BCUT2D eigenvalue weighted by molar-refractivity contribution is 0.289. The van der Waals surface area contributed by atoms with Crippen molar-refractivity contribution in [1.29, 1.82) is 0 Å². The lowest BCUT2D eigenvalue weighted by Gasteiger charge is -2.19. The van der Waals surface area contributed by atoms with Gasteiger partial charge in [-0.1, -0.05) is 18.3 Å². The molecule has 0 spiro atoms. The highest BCUT2D eigenvalue weighted by Gasteiger charge is 2.27. The van der Waals surface area contributed by atoms with Gasteiger partial charge in [-0.25, -0.2) is 9.37 Å². The Morgan fingerprint density at radius 1 is 1.47 bits per heavy atom. The molecule has 1 aromatic heterocycles. The van der Waals surface area contributed by atoms with Crippen molar-refractivity contribution in [2.24, 2.45) is 0 Å². The van der Waals surface area contributed by atoms with E-state index in [0.29, 0.717) is 0 Å². The van der Waals surface area contributed by atoms with E-state index in [4.69, 9.17) is 0 Å². The quantitative estimate of drug-likeness (QED) is 0.879. The van der Waals surface area contributed by atoms with Crippen LogP contribution in [0.15, 0.2) is 18.2 Å². The molecule has 0 aliphatic heterocycles. The fourth-order valence-electron chi connectivity index (χ4n) is 2.32. The molecule has 1 saturated carbocycles. The van der Waals surface area contributed by atoms with E-state index < -0.39 is 0 Å². The van der Waals surface area contributed by atoms with Gasteiger partial charge in [0.15, 0.2) is 5.13 Å². The number of thiazole rings is 1. The highest BCUT2D eigenvalue weighted by atomic mass is 32.1. The SMILES string of the molecule is CCN(CCNc1nc2cc(F)ccc2s1)C1CC1. The number of nitrogens with one attached hydrogen (secondary N) is 1. The molecule has 0 unspecified atom stereocenters. The second-order valence-corrected chi connectivity index (χ2v) is 5.95. The lowest BCUT2D eigenvalue weighted by Crippen LogP contribution is -2.30. The molecule has 0 bridgehead atoms.